The van der Waals surface area contributed by atoms with Crippen LogP contribution in [0.2, 0.25) is 0 Å². The zero-order chi connectivity index (χ0) is 20.3. The lowest BCUT2D eigenvalue weighted by Crippen LogP contribution is -2.55. The van der Waals surface area contributed by atoms with Crippen molar-refractivity contribution in [3.63, 3.8) is 0 Å². The molecule has 1 fully saturated rings. The molecule has 2 amide bonds. The van der Waals surface area contributed by atoms with E-state index in [1.165, 1.54) is 4.90 Å². The Morgan fingerprint density at radius 3 is 2.33 bits per heavy atom. The molecule has 1 unspecified atom stereocenters. The molecule has 2 atom stereocenters. The Balaban J connectivity index is 0.00000225. The van der Waals surface area contributed by atoms with E-state index in [1.54, 1.807) is 48.5 Å². The minimum Gasteiger partial charge on any atom is -0.399 e. The number of morpholine rings is 1. The fraction of sp³-hybridized carbons (Fsp3) is 0.211. The molecule has 2 aromatic rings. The first-order valence-corrected chi connectivity index (χ1v) is 8.59. The van der Waals surface area contributed by atoms with Crippen molar-refractivity contribution in [1.82, 2.24) is 0 Å². The van der Waals surface area contributed by atoms with E-state index in [4.69, 9.17) is 21.6 Å². The van der Waals surface area contributed by atoms with Gasteiger partial charge >= 0.3 is 0 Å². The Hall–Kier alpha value is -2.85. The zero-order valence-corrected chi connectivity index (χ0v) is 17.4. The van der Waals surface area contributed by atoms with Gasteiger partial charge in [0.2, 0.25) is 0 Å². The summed E-state index contributed by atoms with van der Waals surface area (Å²) in [5.41, 5.74) is 13.1. The van der Waals surface area contributed by atoms with Gasteiger partial charge in [-0.25, -0.2) is 0 Å². The molecule has 0 radical (unpaired) electrons. The second-order valence-electron chi connectivity index (χ2n) is 6.30. The van der Waals surface area contributed by atoms with Crippen LogP contribution in [-0.4, -0.2) is 48.1 Å². The topological polar surface area (TPSA) is 155 Å². The van der Waals surface area contributed by atoms with Gasteiger partial charge in [0, 0.05) is 29.2 Å². The molecular formula is C19H23Cl2N5O4. The molecule has 9 nitrogen and oxygen atoms in total. The number of nitrogens with one attached hydrogen (secondary N) is 2. The molecule has 0 spiro atoms. The van der Waals surface area contributed by atoms with Crippen LogP contribution >= 0.6 is 24.8 Å². The van der Waals surface area contributed by atoms with Crippen LogP contribution < -0.4 is 21.7 Å². The summed E-state index contributed by atoms with van der Waals surface area (Å²) in [5.74, 6) is -1.37. The van der Waals surface area contributed by atoms with E-state index in [2.05, 4.69) is 5.32 Å². The lowest BCUT2D eigenvalue weighted by molar-refractivity contribution is -0.150. The Kier molecular flexibility index (Phi) is 9.06. The van der Waals surface area contributed by atoms with Gasteiger partial charge in [-0.05, 0) is 48.5 Å². The first kappa shape index (κ1) is 25.2. The quantitative estimate of drug-likeness (QED) is 0.258. The molecule has 3 rings (SSSR count). The highest BCUT2D eigenvalue weighted by atomic mass is 35.5. The number of amidine groups is 1. The number of aliphatic hydroxyl groups is 1. The maximum atomic E-state index is 12.7. The predicted octanol–water partition coefficient (Wildman–Crippen LogP) is 1.13. The van der Waals surface area contributed by atoms with Gasteiger partial charge in [-0.2, -0.15) is 0 Å². The van der Waals surface area contributed by atoms with Crippen molar-refractivity contribution < 1.29 is 19.4 Å². The van der Waals surface area contributed by atoms with Crippen molar-refractivity contribution in [3.8, 4) is 0 Å². The maximum Gasteiger partial charge on any atom is 0.259 e. The second-order valence-corrected chi connectivity index (χ2v) is 6.30. The number of ether oxygens (including phenoxy) is 1. The second kappa shape index (κ2) is 10.8. The Bertz CT molecular complexity index is 893. The highest BCUT2D eigenvalue weighted by molar-refractivity contribution is 6.04. The monoisotopic (exact) mass is 455 g/mol. The van der Waals surface area contributed by atoms with Crippen LogP contribution in [0.15, 0.2) is 48.5 Å². The third-order valence-electron chi connectivity index (χ3n) is 4.35. The third-order valence-corrected chi connectivity index (χ3v) is 4.35. The van der Waals surface area contributed by atoms with E-state index < -0.39 is 24.0 Å². The van der Waals surface area contributed by atoms with Crippen molar-refractivity contribution in [1.29, 1.82) is 5.41 Å². The van der Waals surface area contributed by atoms with Gasteiger partial charge in [-0.15, -0.1) is 24.8 Å². The summed E-state index contributed by atoms with van der Waals surface area (Å²) in [6.45, 7) is 0.485. The number of anilines is 3. The average Bonchev–Trinajstić information content (AvgIpc) is 2.69. The molecule has 1 saturated heterocycles. The lowest BCUT2D eigenvalue weighted by Gasteiger charge is -2.34. The predicted molar refractivity (Wildman–Crippen MR) is 120 cm³/mol. The van der Waals surface area contributed by atoms with E-state index in [-0.39, 0.29) is 37.3 Å². The minimum absolute atomic E-state index is 0. The van der Waals surface area contributed by atoms with Crippen LogP contribution in [0, 0.1) is 5.41 Å². The largest absolute Gasteiger partial charge is 0.399 e. The highest BCUT2D eigenvalue weighted by Crippen LogP contribution is 2.22. The molecule has 2 aromatic carbocycles. The SMILES string of the molecule is Cl.Cl.N=C(N)c1ccc(NC(=O)C(O)[C@H]2OCCN(c3ccc(N)cc3)C2=O)cc1. The number of nitrogens with two attached hydrogens (primary N) is 2. The number of rotatable bonds is 5. The van der Waals surface area contributed by atoms with E-state index in [0.29, 0.717) is 29.2 Å². The van der Waals surface area contributed by atoms with Crippen LogP contribution in [0.1, 0.15) is 5.56 Å². The molecule has 1 heterocycles. The van der Waals surface area contributed by atoms with Crippen LogP contribution in [0.4, 0.5) is 17.1 Å². The number of carbonyl (C=O) groups is 2. The highest BCUT2D eigenvalue weighted by Gasteiger charge is 2.39. The number of nitrogens with zero attached hydrogens (tertiary/aromatic N) is 1. The van der Waals surface area contributed by atoms with Crippen molar-refractivity contribution >= 4 is 59.5 Å². The van der Waals surface area contributed by atoms with Gasteiger partial charge in [0.1, 0.15) is 5.84 Å². The van der Waals surface area contributed by atoms with Crippen LogP contribution in [0.3, 0.4) is 0 Å². The molecular weight excluding hydrogens is 433 g/mol. The van der Waals surface area contributed by atoms with Crippen LogP contribution in [0.5, 0.6) is 0 Å². The Morgan fingerprint density at radius 2 is 1.77 bits per heavy atom. The van der Waals surface area contributed by atoms with Gasteiger partial charge in [0.25, 0.3) is 11.8 Å². The van der Waals surface area contributed by atoms with Gasteiger partial charge in [0.15, 0.2) is 12.2 Å². The fourth-order valence-corrected chi connectivity index (χ4v) is 2.83. The average molecular weight is 456 g/mol. The molecule has 1 aliphatic heterocycles. The van der Waals surface area contributed by atoms with Gasteiger partial charge in [-0.1, -0.05) is 0 Å². The number of hydrogen-bond donors (Lipinski definition) is 5. The van der Waals surface area contributed by atoms with Crippen molar-refractivity contribution in [2.75, 3.05) is 29.1 Å². The smallest absolute Gasteiger partial charge is 0.259 e. The number of aliphatic hydroxyl groups excluding tert-OH is 1. The van der Waals surface area contributed by atoms with E-state index in [1.807, 2.05) is 0 Å². The van der Waals surface area contributed by atoms with Gasteiger partial charge in [0.05, 0.1) is 6.61 Å². The molecule has 0 bridgehead atoms. The molecule has 162 valence electrons. The molecule has 0 saturated carbocycles. The fourth-order valence-electron chi connectivity index (χ4n) is 2.83. The van der Waals surface area contributed by atoms with E-state index in [9.17, 15) is 14.7 Å². The number of carbonyl (C=O) groups excluding carboxylic acids is 2. The summed E-state index contributed by atoms with van der Waals surface area (Å²) in [6, 6.07) is 12.9. The van der Waals surface area contributed by atoms with E-state index in [0.717, 1.165) is 0 Å². The Morgan fingerprint density at radius 1 is 1.17 bits per heavy atom. The molecule has 7 N–H and O–H groups in total. The normalized spacial score (nSPS) is 16.6. The number of amides is 2. The molecule has 0 aromatic heterocycles. The summed E-state index contributed by atoms with van der Waals surface area (Å²) in [7, 11) is 0. The molecule has 0 aliphatic carbocycles. The van der Waals surface area contributed by atoms with Crippen LogP contribution in [0.25, 0.3) is 0 Å². The number of nitrogen functional groups attached to an aromatic ring is 2. The third kappa shape index (κ3) is 5.61. The van der Waals surface area contributed by atoms with E-state index >= 15 is 0 Å². The van der Waals surface area contributed by atoms with Gasteiger partial charge < -0.3 is 31.5 Å². The first-order valence-electron chi connectivity index (χ1n) is 8.59. The molecule has 1 aliphatic rings. The number of hydrogen-bond acceptors (Lipinski definition) is 6. The lowest BCUT2D eigenvalue weighted by atomic mass is 10.1. The standard InChI is InChI=1S/C19H21N5O4.2ClH/c20-12-3-7-14(8-4-12)24-9-10-28-16(19(24)27)15(25)18(26)23-13-5-1-11(2-6-13)17(21)22;;/h1-8,15-16,25H,9-10,20H2,(H3,21,22)(H,23,26);2*1H/t15?,16-;;/m1../s1. The summed E-state index contributed by atoms with van der Waals surface area (Å²) in [6.07, 6.45) is -3.00. The number of benzene rings is 2. The van der Waals surface area contributed by atoms with Gasteiger partial charge in [-0.3, -0.25) is 15.0 Å². The Labute approximate surface area is 185 Å². The van der Waals surface area contributed by atoms with Crippen molar-refractivity contribution in [2.24, 2.45) is 5.73 Å². The van der Waals surface area contributed by atoms with Crippen molar-refractivity contribution in [2.45, 2.75) is 12.2 Å². The summed E-state index contributed by atoms with van der Waals surface area (Å²) in [5, 5.41) is 20.2. The zero-order valence-electron chi connectivity index (χ0n) is 15.8. The van der Waals surface area contributed by atoms with Crippen LogP contribution in [-0.2, 0) is 14.3 Å². The minimum atomic E-state index is -1.68. The molecule has 30 heavy (non-hydrogen) atoms. The summed E-state index contributed by atoms with van der Waals surface area (Å²) in [4.78, 5) is 26.5. The summed E-state index contributed by atoms with van der Waals surface area (Å²) >= 11 is 0. The first-order chi connectivity index (χ1) is 13.4. The summed E-state index contributed by atoms with van der Waals surface area (Å²) < 4.78 is 5.37. The maximum absolute atomic E-state index is 12.7. The number of halogens is 2. The molecule has 11 heteroatoms. The van der Waals surface area contributed by atoms with Crippen molar-refractivity contribution in [3.05, 3.63) is 54.1 Å².